The largest absolute Gasteiger partial charge is 0.379 e. The summed E-state index contributed by atoms with van der Waals surface area (Å²) in [6.07, 6.45) is 1.61. The Kier molecular flexibility index (Phi) is 6.75. The Morgan fingerprint density at radius 1 is 1.69 bits per heavy atom. The molecule has 88 valence electrons. The molecule has 0 radical (unpaired) electrons. The highest BCUT2D eigenvalue weighted by Gasteiger charge is 2.10. The highest BCUT2D eigenvalue weighted by atomic mass is 79.9. The number of halogens is 1. The molecule has 1 amide bonds. The second kappa shape index (κ2) is 7.24. The molecular weight excluding hydrogens is 292 g/mol. The van der Waals surface area contributed by atoms with Crippen molar-refractivity contribution in [2.45, 2.75) is 5.75 Å². The minimum atomic E-state index is -0.178. The van der Waals surface area contributed by atoms with Gasteiger partial charge in [0.1, 0.15) is 0 Å². The van der Waals surface area contributed by atoms with Crippen LogP contribution in [0, 0.1) is 5.41 Å². The lowest BCUT2D eigenvalue weighted by Crippen LogP contribution is -2.20. The Balaban J connectivity index is 0.00000225. The molecule has 0 aliphatic heterocycles. The second-order valence-electron chi connectivity index (χ2n) is 2.73. The Morgan fingerprint density at radius 2 is 2.38 bits per heavy atom. The zero-order chi connectivity index (χ0) is 11.3. The van der Waals surface area contributed by atoms with Crippen LogP contribution in [-0.4, -0.2) is 23.1 Å². The van der Waals surface area contributed by atoms with Gasteiger partial charge in [0.2, 0.25) is 0 Å². The van der Waals surface area contributed by atoms with Crippen molar-refractivity contribution in [3.05, 3.63) is 29.6 Å². The zero-order valence-electron chi connectivity index (χ0n) is 8.69. The fourth-order valence-corrected chi connectivity index (χ4v) is 1.56. The van der Waals surface area contributed by atoms with Crippen LogP contribution in [0.25, 0.3) is 0 Å². The first-order valence-corrected chi connectivity index (χ1v) is 5.26. The Bertz CT molecular complexity index is 386. The van der Waals surface area contributed by atoms with Gasteiger partial charge in [-0.25, -0.2) is 0 Å². The summed E-state index contributed by atoms with van der Waals surface area (Å²) in [4.78, 5) is 15.5. The number of hydrogen-bond donors (Lipinski definition) is 3. The Hall–Kier alpha value is -1.08. The van der Waals surface area contributed by atoms with Crippen molar-refractivity contribution >= 4 is 39.8 Å². The lowest BCUT2D eigenvalue weighted by Gasteiger charge is -2.05. The first-order chi connectivity index (χ1) is 7.15. The molecule has 0 saturated carbocycles. The van der Waals surface area contributed by atoms with E-state index in [1.54, 1.807) is 25.4 Å². The molecule has 1 heterocycles. The monoisotopic (exact) mass is 304 g/mol. The number of hydrogen-bond acceptors (Lipinski definition) is 4. The molecule has 4 N–H and O–H groups in total. The molecule has 7 heteroatoms. The molecule has 1 aromatic heterocycles. The maximum atomic E-state index is 11.4. The number of nitrogens with two attached hydrogens (primary N) is 1. The Labute approximate surface area is 108 Å². The highest BCUT2D eigenvalue weighted by molar-refractivity contribution is 8.93. The first kappa shape index (κ1) is 14.9. The minimum Gasteiger partial charge on any atom is -0.379 e. The number of amidine groups is 1. The van der Waals surface area contributed by atoms with Gasteiger partial charge in [-0.1, -0.05) is 11.8 Å². The second-order valence-corrected chi connectivity index (χ2v) is 3.75. The Morgan fingerprint density at radius 3 is 2.94 bits per heavy atom. The van der Waals surface area contributed by atoms with Crippen LogP contribution < -0.4 is 11.1 Å². The van der Waals surface area contributed by atoms with Crippen LogP contribution in [0.5, 0.6) is 0 Å². The number of pyridine rings is 1. The summed E-state index contributed by atoms with van der Waals surface area (Å²) in [5.41, 5.74) is 6.38. The van der Waals surface area contributed by atoms with Crippen molar-refractivity contribution in [3.63, 3.8) is 0 Å². The molecule has 5 nitrogen and oxygen atoms in total. The zero-order valence-corrected chi connectivity index (χ0v) is 11.2. The van der Waals surface area contributed by atoms with Crippen LogP contribution in [0.15, 0.2) is 18.3 Å². The number of rotatable bonds is 3. The van der Waals surface area contributed by atoms with Crippen LogP contribution in [-0.2, 0) is 5.75 Å². The fraction of sp³-hybridized carbons (Fsp3) is 0.222. The van der Waals surface area contributed by atoms with Gasteiger partial charge in [0, 0.05) is 19.0 Å². The van der Waals surface area contributed by atoms with Gasteiger partial charge >= 0.3 is 0 Å². The normalized spacial score (nSPS) is 9.06. The van der Waals surface area contributed by atoms with Crippen molar-refractivity contribution in [3.8, 4) is 0 Å². The molecule has 1 rings (SSSR count). The number of nitrogens with one attached hydrogen (secondary N) is 2. The third-order valence-corrected chi connectivity index (χ3v) is 2.46. The van der Waals surface area contributed by atoms with Gasteiger partial charge in [0.15, 0.2) is 5.17 Å². The highest BCUT2D eigenvalue weighted by Crippen LogP contribution is 2.13. The summed E-state index contributed by atoms with van der Waals surface area (Å²) in [5.74, 6) is 0.251. The lowest BCUT2D eigenvalue weighted by atomic mass is 10.2. The maximum absolute atomic E-state index is 11.4. The molecule has 0 atom stereocenters. The van der Waals surface area contributed by atoms with Gasteiger partial charge in [0.25, 0.3) is 5.91 Å². The van der Waals surface area contributed by atoms with E-state index in [0.29, 0.717) is 17.0 Å². The number of nitrogens with zero attached hydrogens (tertiary/aromatic N) is 1. The molecule has 0 aliphatic carbocycles. The van der Waals surface area contributed by atoms with Gasteiger partial charge < -0.3 is 11.1 Å². The van der Waals surface area contributed by atoms with E-state index in [1.807, 2.05) is 0 Å². The fourth-order valence-electron chi connectivity index (χ4n) is 1.04. The summed E-state index contributed by atoms with van der Waals surface area (Å²) in [6, 6.07) is 3.40. The molecule has 0 aromatic carbocycles. The van der Waals surface area contributed by atoms with E-state index in [9.17, 15) is 4.79 Å². The molecular formula is C9H13BrN4OS. The molecule has 16 heavy (non-hydrogen) atoms. The third kappa shape index (κ3) is 4.19. The summed E-state index contributed by atoms with van der Waals surface area (Å²) < 4.78 is 0. The number of aromatic nitrogens is 1. The van der Waals surface area contributed by atoms with Crippen molar-refractivity contribution in [1.29, 1.82) is 5.41 Å². The number of carbonyl (C=O) groups excluding carboxylic acids is 1. The molecule has 0 spiro atoms. The molecule has 0 unspecified atom stereocenters. The van der Waals surface area contributed by atoms with E-state index < -0.39 is 0 Å². The van der Waals surface area contributed by atoms with Crippen molar-refractivity contribution in [2.75, 3.05) is 7.05 Å². The van der Waals surface area contributed by atoms with E-state index in [1.165, 1.54) is 0 Å². The topological polar surface area (TPSA) is 91.9 Å². The van der Waals surface area contributed by atoms with E-state index in [2.05, 4.69) is 10.3 Å². The van der Waals surface area contributed by atoms with Crippen LogP contribution in [0.3, 0.4) is 0 Å². The van der Waals surface area contributed by atoms with Gasteiger partial charge in [-0.3, -0.25) is 15.2 Å². The number of carbonyl (C=O) groups is 1. The number of amides is 1. The van der Waals surface area contributed by atoms with E-state index in [4.69, 9.17) is 11.1 Å². The summed E-state index contributed by atoms with van der Waals surface area (Å²) >= 11 is 1.15. The van der Waals surface area contributed by atoms with E-state index in [0.717, 1.165) is 11.8 Å². The molecule has 0 bridgehead atoms. The quantitative estimate of drug-likeness (QED) is 0.577. The third-order valence-electron chi connectivity index (χ3n) is 1.73. The van der Waals surface area contributed by atoms with Gasteiger partial charge in [-0.15, -0.1) is 17.0 Å². The summed E-state index contributed by atoms with van der Waals surface area (Å²) in [6.45, 7) is 0. The van der Waals surface area contributed by atoms with Crippen molar-refractivity contribution in [2.24, 2.45) is 5.73 Å². The molecule has 0 fully saturated rings. The minimum absolute atomic E-state index is 0. The average molecular weight is 305 g/mol. The van der Waals surface area contributed by atoms with Gasteiger partial charge in [-0.05, 0) is 12.1 Å². The van der Waals surface area contributed by atoms with E-state index in [-0.39, 0.29) is 28.1 Å². The number of thioether (sulfide) groups is 1. The SMILES string of the molecule is Br.CNC(=O)c1cccnc1CSC(=N)N. The molecule has 0 saturated heterocycles. The van der Waals surface area contributed by atoms with Crippen LogP contribution >= 0.6 is 28.7 Å². The lowest BCUT2D eigenvalue weighted by molar-refractivity contribution is 0.0962. The molecule has 1 aromatic rings. The maximum Gasteiger partial charge on any atom is 0.252 e. The van der Waals surface area contributed by atoms with Crippen LogP contribution in [0.2, 0.25) is 0 Å². The van der Waals surface area contributed by atoms with Crippen LogP contribution in [0.4, 0.5) is 0 Å². The van der Waals surface area contributed by atoms with Gasteiger partial charge in [0.05, 0.1) is 11.3 Å². The smallest absolute Gasteiger partial charge is 0.252 e. The average Bonchev–Trinajstić information content (AvgIpc) is 2.25. The standard InChI is InChI=1S/C9H12N4OS.BrH/c1-12-8(14)6-3-2-4-13-7(6)5-15-9(10)11;/h2-4H,5H2,1H3,(H3,10,11)(H,12,14);1H. The van der Waals surface area contributed by atoms with E-state index >= 15 is 0 Å². The van der Waals surface area contributed by atoms with Crippen LogP contribution in [0.1, 0.15) is 16.1 Å². The molecule has 0 aliphatic rings. The van der Waals surface area contributed by atoms with Crippen molar-refractivity contribution in [1.82, 2.24) is 10.3 Å². The van der Waals surface area contributed by atoms with Gasteiger partial charge in [-0.2, -0.15) is 0 Å². The predicted molar refractivity (Wildman–Crippen MR) is 71.2 cm³/mol. The summed E-state index contributed by atoms with van der Waals surface area (Å²) in [7, 11) is 1.57. The summed E-state index contributed by atoms with van der Waals surface area (Å²) in [5, 5.41) is 9.63. The van der Waals surface area contributed by atoms with Crippen molar-refractivity contribution < 1.29 is 4.79 Å². The first-order valence-electron chi connectivity index (χ1n) is 4.28. The predicted octanol–water partition coefficient (Wildman–Crippen LogP) is 1.15.